The molecule has 30 heavy (non-hydrogen) atoms. The molecule has 0 spiro atoms. The number of hydrogen-bond donors (Lipinski definition) is 1. The Morgan fingerprint density at radius 3 is 2.50 bits per heavy atom. The standard InChI is InChI=1S/C24H29FN4O/c1-4-29(5-2)16-6-15-26-24-21-17-19(25)10-13-22(21)27-23(28-24)14-9-18-7-11-20(30-3)12-8-18/h7-14,17H,4-6,15-16H2,1-3H3,(H,26,27,28). The molecule has 1 heterocycles. The molecule has 0 aliphatic rings. The molecule has 1 N–H and O–H groups in total. The molecule has 0 saturated heterocycles. The maximum atomic E-state index is 13.8. The van der Waals surface area contributed by atoms with Crippen molar-refractivity contribution in [3.05, 3.63) is 59.7 Å². The fourth-order valence-electron chi connectivity index (χ4n) is 3.26. The quantitative estimate of drug-likeness (QED) is 0.474. The van der Waals surface area contributed by atoms with Gasteiger partial charge in [-0.05, 0) is 68.0 Å². The van der Waals surface area contributed by atoms with Gasteiger partial charge in [-0.3, -0.25) is 0 Å². The summed E-state index contributed by atoms with van der Waals surface area (Å²) in [5.74, 6) is 1.76. The molecule has 0 radical (unpaired) electrons. The molecule has 0 bridgehead atoms. The molecule has 0 atom stereocenters. The minimum atomic E-state index is -0.293. The number of nitrogens with zero attached hydrogens (tertiary/aromatic N) is 3. The highest BCUT2D eigenvalue weighted by Gasteiger charge is 2.08. The van der Waals surface area contributed by atoms with Crippen LogP contribution in [0.25, 0.3) is 23.1 Å². The van der Waals surface area contributed by atoms with E-state index in [0.717, 1.165) is 43.9 Å². The molecular formula is C24H29FN4O. The first-order valence-electron chi connectivity index (χ1n) is 10.4. The molecule has 6 heteroatoms. The molecule has 2 aromatic carbocycles. The first-order chi connectivity index (χ1) is 14.6. The lowest BCUT2D eigenvalue weighted by Gasteiger charge is -2.18. The second kappa shape index (κ2) is 10.7. The molecule has 0 aliphatic carbocycles. The fraction of sp³-hybridized carbons (Fsp3) is 0.333. The van der Waals surface area contributed by atoms with Gasteiger partial charge in [0.2, 0.25) is 0 Å². The van der Waals surface area contributed by atoms with Gasteiger partial charge in [-0.25, -0.2) is 14.4 Å². The van der Waals surface area contributed by atoms with Gasteiger partial charge in [0, 0.05) is 11.9 Å². The van der Waals surface area contributed by atoms with Gasteiger partial charge in [-0.15, -0.1) is 0 Å². The third-order valence-corrected chi connectivity index (χ3v) is 5.05. The number of nitrogens with one attached hydrogen (secondary N) is 1. The van der Waals surface area contributed by atoms with Crippen molar-refractivity contribution in [3.8, 4) is 5.75 Å². The minimum Gasteiger partial charge on any atom is -0.497 e. The molecule has 3 aromatic rings. The Kier molecular flexibility index (Phi) is 7.74. The molecule has 158 valence electrons. The zero-order chi connectivity index (χ0) is 21.3. The minimum absolute atomic E-state index is 0.293. The van der Waals surface area contributed by atoms with Crippen molar-refractivity contribution in [1.29, 1.82) is 0 Å². The van der Waals surface area contributed by atoms with Gasteiger partial charge in [0.1, 0.15) is 17.4 Å². The van der Waals surface area contributed by atoms with Crippen LogP contribution >= 0.6 is 0 Å². The summed E-state index contributed by atoms with van der Waals surface area (Å²) in [5.41, 5.74) is 1.74. The molecule has 0 aliphatic heterocycles. The van der Waals surface area contributed by atoms with Crippen LogP contribution in [0.3, 0.4) is 0 Å². The summed E-state index contributed by atoms with van der Waals surface area (Å²) >= 11 is 0. The van der Waals surface area contributed by atoms with Crippen LogP contribution in [0, 0.1) is 5.82 Å². The van der Waals surface area contributed by atoms with Crippen LogP contribution in [0.4, 0.5) is 10.2 Å². The second-order valence-corrected chi connectivity index (χ2v) is 7.01. The third kappa shape index (κ3) is 5.76. The van der Waals surface area contributed by atoms with Gasteiger partial charge < -0.3 is 15.0 Å². The Morgan fingerprint density at radius 2 is 1.80 bits per heavy atom. The largest absolute Gasteiger partial charge is 0.497 e. The predicted molar refractivity (Wildman–Crippen MR) is 122 cm³/mol. The number of rotatable bonds is 10. The van der Waals surface area contributed by atoms with Gasteiger partial charge >= 0.3 is 0 Å². The van der Waals surface area contributed by atoms with E-state index in [1.54, 1.807) is 13.2 Å². The van der Waals surface area contributed by atoms with E-state index in [4.69, 9.17) is 4.74 Å². The Hall–Kier alpha value is -2.99. The van der Waals surface area contributed by atoms with Crippen molar-refractivity contribution in [2.75, 3.05) is 38.6 Å². The number of anilines is 1. The molecule has 1 aromatic heterocycles. The van der Waals surface area contributed by atoms with Gasteiger partial charge in [0.25, 0.3) is 0 Å². The SMILES string of the molecule is CCN(CC)CCCNc1nc(C=Cc2ccc(OC)cc2)nc2ccc(F)cc12. The average molecular weight is 409 g/mol. The zero-order valence-electron chi connectivity index (χ0n) is 17.9. The van der Waals surface area contributed by atoms with E-state index in [2.05, 4.69) is 34.0 Å². The lowest BCUT2D eigenvalue weighted by atomic mass is 10.2. The fourth-order valence-corrected chi connectivity index (χ4v) is 3.26. The number of methoxy groups -OCH3 is 1. The number of halogens is 1. The molecule has 0 unspecified atom stereocenters. The number of hydrogen-bond acceptors (Lipinski definition) is 5. The van der Waals surface area contributed by atoms with E-state index in [0.29, 0.717) is 22.5 Å². The number of aromatic nitrogens is 2. The van der Waals surface area contributed by atoms with Crippen LogP contribution in [0.2, 0.25) is 0 Å². The molecular weight excluding hydrogens is 379 g/mol. The predicted octanol–water partition coefficient (Wildman–Crippen LogP) is 5.09. The first kappa shape index (κ1) is 21.7. The van der Waals surface area contributed by atoms with Gasteiger partial charge in [-0.1, -0.05) is 32.1 Å². The Morgan fingerprint density at radius 1 is 1.03 bits per heavy atom. The zero-order valence-corrected chi connectivity index (χ0v) is 17.9. The van der Waals surface area contributed by atoms with Crippen molar-refractivity contribution in [3.63, 3.8) is 0 Å². The normalized spacial score (nSPS) is 11.5. The molecule has 5 nitrogen and oxygen atoms in total. The molecule has 3 rings (SSSR count). The van der Waals surface area contributed by atoms with Crippen LogP contribution < -0.4 is 10.1 Å². The summed E-state index contributed by atoms with van der Waals surface area (Å²) in [6, 6.07) is 12.4. The monoisotopic (exact) mass is 408 g/mol. The van der Waals surface area contributed by atoms with E-state index in [9.17, 15) is 4.39 Å². The van der Waals surface area contributed by atoms with Crippen LogP contribution in [-0.2, 0) is 0 Å². The highest BCUT2D eigenvalue weighted by atomic mass is 19.1. The molecule has 0 fully saturated rings. The van der Waals surface area contributed by atoms with Crippen molar-refractivity contribution < 1.29 is 9.13 Å². The van der Waals surface area contributed by atoms with E-state index in [1.807, 2.05) is 36.4 Å². The lowest BCUT2D eigenvalue weighted by molar-refractivity contribution is 0.303. The van der Waals surface area contributed by atoms with Crippen LogP contribution in [0.1, 0.15) is 31.7 Å². The van der Waals surface area contributed by atoms with Gasteiger partial charge in [-0.2, -0.15) is 0 Å². The molecule has 0 amide bonds. The highest BCUT2D eigenvalue weighted by Crippen LogP contribution is 2.22. The Balaban J connectivity index is 1.79. The van der Waals surface area contributed by atoms with Crippen molar-refractivity contribution in [2.24, 2.45) is 0 Å². The van der Waals surface area contributed by atoms with Gasteiger partial charge in [0.15, 0.2) is 5.82 Å². The van der Waals surface area contributed by atoms with Crippen molar-refractivity contribution in [1.82, 2.24) is 14.9 Å². The third-order valence-electron chi connectivity index (χ3n) is 5.05. The summed E-state index contributed by atoms with van der Waals surface area (Å²) in [7, 11) is 1.65. The topological polar surface area (TPSA) is 50.3 Å². The highest BCUT2D eigenvalue weighted by molar-refractivity contribution is 5.90. The summed E-state index contributed by atoms with van der Waals surface area (Å²) in [4.78, 5) is 11.6. The summed E-state index contributed by atoms with van der Waals surface area (Å²) in [6.07, 6.45) is 4.81. The summed E-state index contributed by atoms with van der Waals surface area (Å²) < 4.78 is 19.0. The van der Waals surface area contributed by atoms with Crippen LogP contribution in [-0.4, -0.2) is 48.2 Å². The Bertz CT molecular complexity index is 984. The first-order valence-corrected chi connectivity index (χ1v) is 10.4. The van der Waals surface area contributed by atoms with Crippen LogP contribution in [0.5, 0.6) is 5.75 Å². The number of ether oxygens (including phenoxy) is 1. The smallest absolute Gasteiger partial charge is 0.154 e. The molecule has 0 saturated carbocycles. The van der Waals surface area contributed by atoms with Gasteiger partial charge in [0.05, 0.1) is 12.6 Å². The van der Waals surface area contributed by atoms with Crippen molar-refractivity contribution >= 4 is 28.9 Å². The number of benzene rings is 2. The summed E-state index contributed by atoms with van der Waals surface area (Å²) in [5, 5.41) is 4.07. The van der Waals surface area contributed by atoms with E-state index in [-0.39, 0.29) is 5.82 Å². The number of fused-ring (bicyclic) bond motifs is 1. The maximum absolute atomic E-state index is 13.8. The Labute approximate surface area is 177 Å². The summed E-state index contributed by atoms with van der Waals surface area (Å²) in [6.45, 7) is 8.19. The lowest BCUT2D eigenvalue weighted by Crippen LogP contribution is -2.25. The average Bonchev–Trinajstić information content (AvgIpc) is 2.78. The van der Waals surface area contributed by atoms with E-state index < -0.39 is 0 Å². The van der Waals surface area contributed by atoms with Crippen LogP contribution in [0.15, 0.2) is 42.5 Å². The van der Waals surface area contributed by atoms with Crippen molar-refractivity contribution in [2.45, 2.75) is 20.3 Å². The second-order valence-electron chi connectivity index (χ2n) is 7.01. The maximum Gasteiger partial charge on any atom is 0.154 e. The van der Waals surface area contributed by atoms with E-state index in [1.165, 1.54) is 12.1 Å². The van der Waals surface area contributed by atoms with E-state index >= 15 is 0 Å².